The molecule has 7 atom stereocenters. The van der Waals surface area contributed by atoms with Gasteiger partial charge in [-0.3, -0.25) is 9.59 Å². The van der Waals surface area contributed by atoms with Crippen LogP contribution < -0.4 is 0 Å². The van der Waals surface area contributed by atoms with Crippen LogP contribution >= 0.6 is 0 Å². The molecule has 36 heavy (non-hydrogen) atoms. The molecule has 2 unspecified atom stereocenters. The van der Waals surface area contributed by atoms with Crippen molar-refractivity contribution >= 4 is 11.8 Å². The number of carbonyl (C=O) groups excluding carboxylic acids is 2. The van der Waals surface area contributed by atoms with E-state index in [9.17, 15) is 19.2 Å². The monoisotopic (exact) mass is 491 g/mol. The van der Waals surface area contributed by atoms with Gasteiger partial charge >= 0.3 is 6.04 Å². The lowest BCUT2D eigenvalue weighted by Gasteiger charge is -2.69. The Morgan fingerprint density at radius 2 is 1.69 bits per heavy atom. The fraction of sp³-hybridized carbons (Fsp3) is 0.719. The quantitative estimate of drug-likeness (QED) is 0.353. The van der Waals surface area contributed by atoms with Crippen molar-refractivity contribution in [2.45, 2.75) is 93.4 Å². The van der Waals surface area contributed by atoms with Gasteiger partial charge in [-0.25, -0.2) is 0 Å². The summed E-state index contributed by atoms with van der Waals surface area (Å²) >= 11 is 0. The molecule has 0 heterocycles. The lowest BCUT2D eigenvalue weighted by molar-refractivity contribution is -0.174. The largest absolute Gasteiger partial charge is 0.307 e. The Labute approximate surface area is 216 Å². The van der Waals surface area contributed by atoms with Gasteiger partial charge in [-0.15, -0.1) is 0 Å². The van der Waals surface area contributed by atoms with Crippen LogP contribution in [0.2, 0.25) is 0 Å². The predicted molar refractivity (Wildman–Crippen MR) is 139 cm³/mol. The van der Waals surface area contributed by atoms with Crippen LogP contribution in [0.3, 0.4) is 0 Å². The fourth-order valence-corrected chi connectivity index (χ4v) is 10.2. The van der Waals surface area contributed by atoms with Crippen LogP contribution in [-0.2, 0) is 9.59 Å². The van der Waals surface area contributed by atoms with E-state index in [4.69, 9.17) is 0 Å². The molecule has 3 fully saturated rings. The lowest BCUT2D eigenvalue weighted by Crippen LogP contribution is -2.64. The van der Waals surface area contributed by atoms with Crippen molar-refractivity contribution in [3.8, 4) is 6.07 Å². The van der Waals surface area contributed by atoms with E-state index in [1.807, 2.05) is 19.9 Å². The summed E-state index contributed by atoms with van der Waals surface area (Å²) in [6, 6.07) is 1.08. The zero-order valence-electron chi connectivity index (χ0n) is 23.2. The second kappa shape index (κ2) is 7.30. The van der Waals surface area contributed by atoms with Crippen molar-refractivity contribution in [2.24, 2.45) is 50.2 Å². The Hall–Kier alpha value is -2.02. The normalized spacial score (nSPS) is 46.7. The predicted octanol–water partition coefficient (Wildman–Crippen LogP) is 7.69. The van der Waals surface area contributed by atoms with Crippen LogP contribution in [0.15, 0.2) is 35.5 Å². The molecule has 0 aromatic heterocycles. The van der Waals surface area contributed by atoms with Crippen LogP contribution in [0.25, 0.3) is 0 Å². The molecule has 0 bridgehead atoms. The number of hydrogen-bond acceptors (Lipinski definition) is 3. The van der Waals surface area contributed by atoms with Crippen LogP contribution in [0, 0.1) is 61.6 Å². The highest BCUT2D eigenvalue weighted by Crippen LogP contribution is 2.75. The zero-order valence-corrected chi connectivity index (χ0v) is 23.2. The molecule has 5 aliphatic rings. The minimum absolute atomic E-state index is 0.0390. The van der Waals surface area contributed by atoms with Crippen LogP contribution in [0.5, 0.6) is 0 Å². The maximum atomic E-state index is 14.9. The number of Topliss-reactive ketones (excluding diaryl/α,β-unsaturated/α-hetero) is 1. The minimum atomic E-state index is -1.12. The SMILES string of the molecule is C=C1C=C2[C@@]3(C)C=C(C#N)C(=O)C(C)(C)[C@@H]3CC[C@@]2(C)[C@]2(C)CC[C@@]3(C(=O)F)CCC(C)(C)CC3C12. The van der Waals surface area contributed by atoms with Gasteiger partial charge in [-0.05, 0) is 78.9 Å². The molecule has 4 heteroatoms. The highest BCUT2D eigenvalue weighted by molar-refractivity contribution is 6.04. The fourth-order valence-electron chi connectivity index (χ4n) is 10.2. The number of fused-ring (bicyclic) bond motifs is 7. The molecule has 194 valence electrons. The maximum Gasteiger partial charge on any atom is 0.307 e. The standard InChI is InChI=1S/C32H42FNO2/c1-19-15-23-29(6)16-20(18-34)25(35)28(4,5)22(29)9-10-30(23,7)31(8)12-14-32(26(33)36)13-11-27(2,3)17-21(32)24(19)31/h15-16,21-22,24H,1,9-14,17H2,2-8H3/t21?,22-,24?,29-,30+,31+,32-/m0/s1. The second-order valence-corrected chi connectivity index (χ2v) is 14.9. The lowest BCUT2D eigenvalue weighted by atomic mass is 9.34. The van der Waals surface area contributed by atoms with Crippen LogP contribution in [-0.4, -0.2) is 11.8 Å². The average molecular weight is 492 g/mol. The maximum absolute atomic E-state index is 14.9. The van der Waals surface area contributed by atoms with E-state index in [-0.39, 0.29) is 45.4 Å². The van der Waals surface area contributed by atoms with Gasteiger partial charge in [0.1, 0.15) is 6.07 Å². The summed E-state index contributed by atoms with van der Waals surface area (Å²) in [5, 5.41) is 9.86. The first-order chi connectivity index (χ1) is 16.5. The van der Waals surface area contributed by atoms with Crippen molar-refractivity contribution in [2.75, 3.05) is 0 Å². The van der Waals surface area contributed by atoms with E-state index < -0.39 is 22.3 Å². The summed E-state index contributed by atoms with van der Waals surface area (Å²) < 4.78 is 14.9. The summed E-state index contributed by atoms with van der Waals surface area (Å²) in [6.07, 6.45) is 9.75. The van der Waals surface area contributed by atoms with Gasteiger partial charge in [0.25, 0.3) is 0 Å². The van der Waals surface area contributed by atoms with Gasteiger partial charge in [0.2, 0.25) is 0 Å². The third-order valence-electron chi connectivity index (χ3n) is 12.4. The van der Waals surface area contributed by atoms with Crippen molar-refractivity contribution < 1.29 is 14.0 Å². The average Bonchev–Trinajstić information content (AvgIpc) is 2.77. The second-order valence-electron chi connectivity index (χ2n) is 14.9. The van der Waals surface area contributed by atoms with Crippen molar-refractivity contribution in [3.05, 3.63) is 35.5 Å². The number of hydrogen-bond donors (Lipinski definition) is 0. The molecule has 5 aliphatic carbocycles. The Morgan fingerprint density at radius 1 is 1.06 bits per heavy atom. The highest BCUT2D eigenvalue weighted by atomic mass is 19.1. The first-order valence-electron chi connectivity index (χ1n) is 13.8. The molecule has 0 aromatic rings. The molecular formula is C32H42FNO2. The summed E-state index contributed by atoms with van der Waals surface area (Å²) in [7, 11) is 0. The van der Waals surface area contributed by atoms with Gasteiger partial charge in [-0.2, -0.15) is 9.65 Å². The van der Waals surface area contributed by atoms with E-state index in [2.05, 4.69) is 53.3 Å². The number of ketones is 1. The molecule has 0 aromatic carbocycles. The van der Waals surface area contributed by atoms with Crippen LogP contribution in [0.4, 0.5) is 4.39 Å². The Balaban J connectivity index is 1.71. The Bertz CT molecular complexity index is 1180. The number of allylic oxidation sites excluding steroid dienone is 5. The van der Waals surface area contributed by atoms with Crippen molar-refractivity contribution in [3.63, 3.8) is 0 Å². The third kappa shape index (κ3) is 2.89. The smallest absolute Gasteiger partial charge is 0.293 e. The van der Waals surface area contributed by atoms with Gasteiger partial charge in [0, 0.05) is 10.8 Å². The van der Waals surface area contributed by atoms with E-state index in [0.29, 0.717) is 12.8 Å². The highest BCUT2D eigenvalue weighted by Gasteiger charge is 2.69. The number of rotatable bonds is 1. The van der Waals surface area contributed by atoms with Crippen molar-refractivity contribution in [1.82, 2.24) is 0 Å². The topological polar surface area (TPSA) is 57.9 Å². The molecule has 0 aliphatic heterocycles. The van der Waals surface area contributed by atoms with E-state index in [0.717, 1.165) is 37.7 Å². The van der Waals surface area contributed by atoms with Gasteiger partial charge in [0.15, 0.2) is 5.78 Å². The summed E-state index contributed by atoms with van der Waals surface area (Å²) in [5.41, 5.74) is 0.304. The first-order valence-corrected chi connectivity index (χ1v) is 13.8. The molecule has 3 nitrogen and oxygen atoms in total. The molecule has 0 saturated heterocycles. The molecular weight excluding hydrogens is 449 g/mol. The van der Waals surface area contributed by atoms with Crippen LogP contribution in [0.1, 0.15) is 93.4 Å². The van der Waals surface area contributed by atoms with Gasteiger partial charge in [0.05, 0.1) is 11.0 Å². The molecule has 0 spiro atoms. The Morgan fingerprint density at radius 3 is 2.31 bits per heavy atom. The molecule has 0 N–H and O–H groups in total. The van der Waals surface area contributed by atoms with E-state index in [1.165, 1.54) is 5.57 Å². The van der Waals surface area contributed by atoms with Crippen molar-refractivity contribution in [1.29, 1.82) is 5.26 Å². The number of halogens is 1. The molecule has 0 radical (unpaired) electrons. The number of nitriles is 1. The molecule has 5 rings (SSSR count). The Kier molecular flexibility index (Phi) is 5.19. The van der Waals surface area contributed by atoms with Gasteiger partial charge in [-0.1, -0.05) is 78.3 Å². The summed E-state index contributed by atoms with van der Waals surface area (Å²) in [5.74, 6) is 0.0335. The summed E-state index contributed by atoms with van der Waals surface area (Å²) in [6.45, 7) is 20.0. The summed E-state index contributed by atoms with van der Waals surface area (Å²) in [4.78, 5) is 25.8. The zero-order chi connectivity index (χ0) is 26.7. The molecule has 0 amide bonds. The number of carbonyl (C=O) groups is 2. The minimum Gasteiger partial charge on any atom is -0.293 e. The third-order valence-corrected chi connectivity index (χ3v) is 12.4. The number of nitrogens with zero attached hydrogens (tertiary/aromatic N) is 1. The van der Waals surface area contributed by atoms with E-state index in [1.54, 1.807) is 0 Å². The van der Waals surface area contributed by atoms with Gasteiger partial charge < -0.3 is 0 Å². The van der Waals surface area contributed by atoms with E-state index >= 15 is 0 Å². The molecule has 3 saturated carbocycles. The first kappa shape index (κ1) is 25.6.